The minimum Gasteiger partial charge on any atom is -0.383 e. The Morgan fingerprint density at radius 3 is 2.86 bits per heavy atom. The van der Waals surface area contributed by atoms with Gasteiger partial charge in [0.05, 0.1) is 10.7 Å². The molecule has 14 heavy (non-hydrogen) atoms. The van der Waals surface area contributed by atoms with Crippen LogP contribution in [0.25, 0.3) is 0 Å². The topological polar surface area (TPSA) is 12.0 Å². The smallest absolute Gasteiger partial charge is 0.125 e. The predicted molar refractivity (Wildman–Crippen MR) is 62.4 cm³/mol. The van der Waals surface area contributed by atoms with Gasteiger partial charge in [-0.2, -0.15) is 0 Å². The van der Waals surface area contributed by atoms with Gasteiger partial charge >= 0.3 is 0 Å². The van der Waals surface area contributed by atoms with Gasteiger partial charge < -0.3 is 5.32 Å². The SMILES string of the molecule is C=CCCNc1c(Cl)cc(F)cc1Br. The normalized spacial score (nSPS) is 9.93. The maximum Gasteiger partial charge on any atom is 0.125 e. The lowest BCUT2D eigenvalue weighted by atomic mass is 10.3. The van der Waals surface area contributed by atoms with E-state index < -0.39 is 0 Å². The van der Waals surface area contributed by atoms with Gasteiger partial charge in [0, 0.05) is 11.0 Å². The van der Waals surface area contributed by atoms with Crippen LogP contribution in [0.1, 0.15) is 6.42 Å². The maximum absolute atomic E-state index is 12.8. The van der Waals surface area contributed by atoms with E-state index in [9.17, 15) is 4.39 Å². The Morgan fingerprint density at radius 2 is 2.29 bits per heavy atom. The number of halogens is 3. The molecular formula is C10H10BrClFN. The van der Waals surface area contributed by atoms with Gasteiger partial charge in [0.2, 0.25) is 0 Å². The monoisotopic (exact) mass is 277 g/mol. The zero-order valence-electron chi connectivity index (χ0n) is 7.49. The van der Waals surface area contributed by atoms with Gasteiger partial charge in [-0.05, 0) is 34.5 Å². The Morgan fingerprint density at radius 1 is 1.57 bits per heavy atom. The Kier molecular flexibility index (Phi) is 4.42. The summed E-state index contributed by atoms with van der Waals surface area (Å²) in [6.07, 6.45) is 2.64. The van der Waals surface area contributed by atoms with Crippen molar-refractivity contribution in [2.75, 3.05) is 11.9 Å². The lowest BCUT2D eigenvalue weighted by molar-refractivity contribution is 0.627. The molecule has 0 aliphatic rings. The average Bonchev–Trinajstić information content (AvgIpc) is 2.09. The Labute approximate surface area is 96.1 Å². The number of hydrogen-bond acceptors (Lipinski definition) is 1. The molecule has 0 atom stereocenters. The van der Waals surface area contributed by atoms with Crippen LogP contribution in [0.5, 0.6) is 0 Å². The van der Waals surface area contributed by atoms with Crippen molar-refractivity contribution in [3.05, 3.63) is 40.1 Å². The van der Waals surface area contributed by atoms with Crippen LogP contribution in [0.4, 0.5) is 10.1 Å². The van der Waals surface area contributed by atoms with Crippen LogP contribution in [-0.2, 0) is 0 Å². The van der Waals surface area contributed by atoms with Gasteiger partial charge in [0.1, 0.15) is 5.82 Å². The molecular weight excluding hydrogens is 268 g/mol. The molecule has 1 aromatic carbocycles. The van der Waals surface area contributed by atoms with Crippen LogP contribution < -0.4 is 5.32 Å². The Bertz CT molecular complexity index is 318. The molecule has 0 bridgehead atoms. The molecule has 0 aliphatic carbocycles. The lowest BCUT2D eigenvalue weighted by Crippen LogP contribution is -2.01. The molecule has 0 aliphatic heterocycles. The third-order valence-corrected chi connectivity index (χ3v) is 2.58. The second-order valence-corrected chi connectivity index (χ2v) is 4.01. The molecule has 0 fully saturated rings. The fraction of sp³-hybridized carbons (Fsp3) is 0.200. The minimum atomic E-state index is -0.351. The van der Waals surface area contributed by atoms with Crippen molar-refractivity contribution in [1.82, 2.24) is 0 Å². The second-order valence-electron chi connectivity index (χ2n) is 2.75. The molecule has 0 saturated carbocycles. The third-order valence-electron chi connectivity index (χ3n) is 1.66. The molecule has 0 unspecified atom stereocenters. The number of anilines is 1. The summed E-state index contributed by atoms with van der Waals surface area (Å²) >= 11 is 9.09. The average molecular weight is 279 g/mol. The van der Waals surface area contributed by atoms with Crippen molar-refractivity contribution >= 4 is 33.2 Å². The van der Waals surface area contributed by atoms with Crippen LogP contribution in [0.2, 0.25) is 5.02 Å². The van der Waals surface area contributed by atoms with Gasteiger partial charge in [0.15, 0.2) is 0 Å². The highest BCUT2D eigenvalue weighted by atomic mass is 79.9. The maximum atomic E-state index is 12.8. The lowest BCUT2D eigenvalue weighted by Gasteiger charge is -2.09. The Balaban J connectivity index is 2.80. The summed E-state index contributed by atoms with van der Waals surface area (Å²) in [4.78, 5) is 0. The first-order chi connectivity index (χ1) is 6.65. The standard InChI is InChI=1S/C10H10BrClFN/c1-2-3-4-14-10-8(11)5-7(13)6-9(10)12/h2,5-6,14H,1,3-4H2. The van der Waals surface area contributed by atoms with E-state index in [4.69, 9.17) is 11.6 Å². The fourth-order valence-corrected chi connectivity index (χ4v) is 1.97. The van der Waals surface area contributed by atoms with Gasteiger partial charge in [0.25, 0.3) is 0 Å². The molecule has 0 spiro atoms. The fourth-order valence-electron chi connectivity index (χ4n) is 1.01. The molecule has 1 aromatic rings. The first-order valence-electron chi connectivity index (χ1n) is 4.14. The van der Waals surface area contributed by atoms with Crippen molar-refractivity contribution in [2.45, 2.75) is 6.42 Å². The number of nitrogens with one attached hydrogen (secondary N) is 1. The number of benzene rings is 1. The van der Waals surface area contributed by atoms with Gasteiger partial charge in [-0.15, -0.1) is 6.58 Å². The highest BCUT2D eigenvalue weighted by Gasteiger charge is 2.06. The highest BCUT2D eigenvalue weighted by molar-refractivity contribution is 9.10. The molecule has 1 rings (SSSR count). The summed E-state index contributed by atoms with van der Waals surface area (Å²) in [7, 11) is 0. The van der Waals surface area contributed by atoms with E-state index in [1.807, 2.05) is 0 Å². The van der Waals surface area contributed by atoms with Crippen molar-refractivity contribution in [1.29, 1.82) is 0 Å². The van der Waals surface area contributed by atoms with E-state index in [1.165, 1.54) is 12.1 Å². The van der Waals surface area contributed by atoms with E-state index in [1.54, 1.807) is 6.08 Å². The molecule has 0 saturated heterocycles. The predicted octanol–water partition coefficient (Wildman–Crippen LogP) is 4.23. The van der Waals surface area contributed by atoms with E-state index in [-0.39, 0.29) is 5.82 Å². The van der Waals surface area contributed by atoms with Crippen LogP contribution in [0.15, 0.2) is 29.3 Å². The van der Waals surface area contributed by atoms with Crippen LogP contribution >= 0.6 is 27.5 Å². The molecule has 0 amide bonds. The Hall–Kier alpha value is -0.540. The largest absolute Gasteiger partial charge is 0.383 e. The summed E-state index contributed by atoms with van der Waals surface area (Å²) in [5, 5.41) is 3.47. The molecule has 4 heteroatoms. The number of rotatable bonds is 4. The van der Waals surface area contributed by atoms with Crippen LogP contribution in [0, 0.1) is 5.82 Å². The summed E-state index contributed by atoms with van der Waals surface area (Å²) in [5.41, 5.74) is 0.718. The summed E-state index contributed by atoms with van der Waals surface area (Å²) in [6, 6.07) is 2.66. The second kappa shape index (κ2) is 5.37. The quantitative estimate of drug-likeness (QED) is 0.642. The van der Waals surface area contributed by atoms with E-state index in [0.29, 0.717) is 9.50 Å². The van der Waals surface area contributed by atoms with Gasteiger partial charge in [-0.25, -0.2) is 4.39 Å². The van der Waals surface area contributed by atoms with E-state index in [2.05, 4.69) is 27.8 Å². The highest BCUT2D eigenvalue weighted by Crippen LogP contribution is 2.31. The van der Waals surface area contributed by atoms with E-state index >= 15 is 0 Å². The van der Waals surface area contributed by atoms with Crippen LogP contribution in [-0.4, -0.2) is 6.54 Å². The van der Waals surface area contributed by atoms with Crippen molar-refractivity contribution < 1.29 is 4.39 Å². The summed E-state index contributed by atoms with van der Waals surface area (Å²) in [6.45, 7) is 4.34. The molecule has 0 aromatic heterocycles. The molecule has 0 heterocycles. The molecule has 1 N–H and O–H groups in total. The van der Waals surface area contributed by atoms with Crippen molar-refractivity contribution in [3.63, 3.8) is 0 Å². The molecule has 1 nitrogen and oxygen atoms in total. The van der Waals surface area contributed by atoms with Crippen LogP contribution in [0.3, 0.4) is 0 Å². The first-order valence-corrected chi connectivity index (χ1v) is 5.31. The van der Waals surface area contributed by atoms with Gasteiger partial charge in [-0.3, -0.25) is 0 Å². The first kappa shape index (κ1) is 11.5. The number of hydrogen-bond donors (Lipinski definition) is 1. The van der Waals surface area contributed by atoms with Crippen molar-refractivity contribution in [3.8, 4) is 0 Å². The zero-order valence-corrected chi connectivity index (χ0v) is 9.83. The van der Waals surface area contributed by atoms with Crippen molar-refractivity contribution in [2.24, 2.45) is 0 Å². The minimum absolute atomic E-state index is 0.351. The zero-order chi connectivity index (χ0) is 10.6. The third kappa shape index (κ3) is 3.00. The van der Waals surface area contributed by atoms with Gasteiger partial charge in [-0.1, -0.05) is 17.7 Å². The summed E-state index contributed by atoms with van der Waals surface area (Å²) in [5.74, 6) is -0.351. The molecule has 0 radical (unpaired) electrons. The van der Waals surface area contributed by atoms with E-state index in [0.717, 1.165) is 18.7 Å². The molecule has 76 valence electrons. The summed E-state index contributed by atoms with van der Waals surface area (Å²) < 4.78 is 13.5.